The summed E-state index contributed by atoms with van der Waals surface area (Å²) in [6, 6.07) is 8.77. The van der Waals surface area contributed by atoms with Crippen molar-refractivity contribution >= 4 is 23.8 Å². The lowest BCUT2D eigenvalue weighted by Gasteiger charge is -2.09. The molecule has 0 saturated heterocycles. The highest BCUT2D eigenvalue weighted by atomic mass is 32.2. The zero-order chi connectivity index (χ0) is 18.4. The van der Waals surface area contributed by atoms with Crippen molar-refractivity contribution in [1.82, 2.24) is 5.32 Å². The van der Waals surface area contributed by atoms with E-state index >= 15 is 0 Å². The Morgan fingerprint density at radius 1 is 1.45 bits per heavy atom. The van der Waals surface area contributed by atoms with E-state index in [1.807, 2.05) is 5.32 Å². The highest BCUT2D eigenvalue weighted by Crippen LogP contribution is 2.12. The molecular weight excluding hydrogens is 278 g/mol. The van der Waals surface area contributed by atoms with Crippen LogP contribution < -0.4 is 5.32 Å². The zero-order valence-corrected chi connectivity index (χ0v) is 11.8. The van der Waals surface area contributed by atoms with Gasteiger partial charge in [-0.3, -0.25) is 4.79 Å². The highest BCUT2D eigenvalue weighted by molar-refractivity contribution is 7.99. The van der Waals surface area contributed by atoms with Crippen LogP contribution in [0.1, 0.15) is 24.4 Å². The van der Waals surface area contributed by atoms with Crippen molar-refractivity contribution in [3.05, 3.63) is 35.9 Å². The van der Waals surface area contributed by atoms with Gasteiger partial charge in [-0.2, -0.15) is 11.8 Å². The van der Waals surface area contributed by atoms with Crippen LogP contribution in [0.2, 0.25) is 0 Å². The Morgan fingerprint density at radius 2 is 2.15 bits per heavy atom. The first-order chi connectivity index (χ1) is 11.0. The van der Waals surface area contributed by atoms with E-state index < -0.39 is 29.5 Å². The summed E-state index contributed by atoms with van der Waals surface area (Å²) in [5.74, 6) is -1.11. The molecule has 0 aliphatic heterocycles. The second-order valence-corrected chi connectivity index (χ2v) is 5.18. The Balaban J connectivity index is 2.59. The Labute approximate surface area is 128 Å². The fourth-order valence-electron chi connectivity index (χ4n) is 1.25. The first-order valence-corrected chi connectivity index (χ1v) is 6.80. The normalized spacial score (nSPS) is 16.1. The Hall–Kier alpha value is -1.69. The van der Waals surface area contributed by atoms with Crippen LogP contribution in [0.15, 0.2) is 30.3 Å². The summed E-state index contributed by atoms with van der Waals surface area (Å²) in [5.41, 5.74) is -1.83. The summed E-state index contributed by atoms with van der Waals surface area (Å²) < 4.78 is 35.9. The number of amides is 1. The lowest BCUT2D eigenvalue weighted by atomic mass is 10.2. The van der Waals surface area contributed by atoms with Crippen LogP contribution >= 0.6 is 11.8 Å². The Bertz CT molecular complexity index is 571. The lowest BCUT2D eigenvalue weighted by molar-refractivity contribution is -0.136. The van der Waals surface area contributed by atoms with Gasteiger partial charge < -0.3 is 15.2 Å². The molecule has 20 heavy (non-hydrogen) atoms. The van der Waals surface area contributed by atoms with Crippen LogP contribution in [-0.4, -0.2) is 34.6 Å². The van der Waals surface area contributed by atoms with Gasteiger partial charge >= 0.3 is 12.1 Å². The molecule has 0 aliphatic carbocycles. The summed E-state index contributed by atoms with van der Waals surface area (Å²) in [4.78, 5) is 22.3. The number of carbonyl (C=O) groups excluding carboxylic acids is 1. The monoisotopic (exact) mass is 301 g/mol. The first-order valence-electron chi connectivity index (χ1n) is 7.92. The fourth-order valence-corrected chi connectivity index (χ4v) is 1.79. The maximum absolute atomic E-state index is 11.7. The van der Waals surface area contributed by atoms with Gasteiger partial charge in [0.2, 0.25) is 0 Å². The van der Waals surface area contributed by atoms with Gasteiger partial charge in [-0.05, 0) is 5.56 Å². The quantitative estimate of drug-likeness (QED) is 0.771. The predicted octanol–water partition coefficient (Wildman–Crippen LogP) is 2.51. The Kier molecular flexibility index (Phi) is 5.10. The minimum absolute atomic E-state index is 0.0751. The number of rotatable bonds is 8. The molecule has 5 nitrogen and oxygen atoms in total. The molecule has 1 atom stereocenters. The number of carboxylic acid groups (broad SMARTS) is 1. The topological polar surface area (TPSA) is 75.6 Å². The van der Waals surface area contributed by atoms with Gasteiger partial charge in [-0.25, -0.2) is 4.79 Å². The largest absolute Gasteiger partial charge is 0.481 e. The van der Waals surface area contributed by atoms with Crippen LogP contribution in [0.25, 0.3) is 0 Å². The number of nitrogens with one attached hydrogen (secondary N) is 1. The number of carbonyl (C=O) groups is 2. The molecule has 0 bridgehead atoms. The summed E-state index contributed by atoms with van der Waals surface area (Å²) in [6.45, 7) is -1.34. The third-order valence-electron chi connectivity index (χ3n) is 2.15. The van der Waals surface area contributed by atoms with Gasteiger partial charge in [0.25, 0.3) is 0 Å². The van der Waals surface area contributed by atoms with Gasteiger partial charge in [0.05, 0.1) is 9.16 Å². The summed E-state index contributed by atoms with van der Waals surface area (Å²) in [5, 5.41) is 9.87. The molecule has 110 valence electrons. The van der Waals surface area contributed by atoms with Crippen molar-refractivity contribution in [3.63, 3.8) is 0 Å². The van der Waals surface area contributed by atoms with Crippen LogP contribution in [0.4, 0.5) is 4.79 Å². The van der Waals surface area contributed by atoms with Crippen LogP contribution in [0.5, 0.6) is 0 Å². The molecule has 2 N–H and O–H groups in total. The molecule has 6 heteroatoms. The molecule has 0 aliphatic rings. The van der Waals surface area contributed by atoms with Gasteiger partial charge in [0.1, 0.15) is 6.61 Å². The van der Waals surface area contributed by atoms with E-state index in [0.717, 1.165) is 0 Å². The van der Waals surface area contributed by atoms with E-state index in [2.05, 4.69) is 0 Å². The third-order valence-corrected chi connectivity index (χ3v) is 2.94. The molecule has 1 rings (SSSR count). The third kappa shape index (κ3) is 7.68. The number of ether oxygens (including phenoxy) is 1. The molecular formula is C14H19NO4S. The number of alkyl carbamates (subject to hydrolysis) is 1. The number of benzene rings is 1. The minimum atomic E-state index is -2.74. The number of thioether (sulfide) groups is 1. The molecule has 0 spiro atoms. The SMILES string of the molecule is [2H]C([2H])(NC(=O)OCc1ccccc1)C([2H])([2H])SC(C)CC(=O)O. The molecule has 0 aromatic heterocycles. The second-order valence-electron chi connectivity index (χ2n) is 3.94. The first kappa shape index (κ1) is 11.0. The molecule has 1 aromatic rings. The van der Waals surface area contributed by atoms with Crippen molar-refractivity contribution < 1.29 is 24.9 Å². The maximum Gasteiger partial charge on any atom is 0.407 e. The molecule has 1 unspecified atom stereocenters. The van der Waals surface area contributed by atoms with E-state index in [1.165, 1.54) is 6.92 Å². The highest BCUT2D eigenvalue weighted by Gasteiger charge is 2.08. The number of carboxylic acids is 1. The van der Waals surface area contributed by atoms with Gasteiger partial charge in [0.15, 0.2) is 0 Å². The van der Waals surface area contributed by atoms with Crippen molar-refractivity contribution in [2.75, 3.05) is 12.2 Å². The lowest BCUT2D eigenvalue weighted by Crippen LogP contribution is -2.26. The zero-order valence-electron chi connectivity index (χ0n) is 15.0. The number of hydrogen-bond acceptors (Lipinski definition) is 4. The van der Waals surface area contributed by atoms with Crippen LogP contribution in [0.3, 0.4) is 0 Å². The molecule has 0 saturated carbocycles. The van der Waals surface area contributed by atoms with Crippen LogP contribution in [-0.2, 0) is 16.1 Å². The van der Waals surface area contributed by atoms with E-state index in [1.54, 1.807) is 30.3 Å². The average Bonchev–Trinajstić information content (AvgIpc) is 2.44. The van der Waals surface area contributed by atoms with Crippen molar-refractivity contribution in [1.29, 1.82) is 0 Å². The van der Waals surface area contributed by atoms with E-state index in [0.29, 0.717) is 17.3 Å². The predicted molar refractivity (Wildman–Crippen MR) is 78.8 cm³/mol. The molecule has 1 aromatic carbocycles. The summed E-state index contributed by atoms with van der Waals surface area (Å²) >= 11 is 0.501. The maximum atomic E-state index is 11.7. The molecule has 1 amide bonds. The molecule has 0 heterocycles. The minimum Gasteiger partial charge on any atom is -0.481 e. The standard InChI is InChI=1S/C14H19NO4S/c1-11(9-13(16)17)20-8-7-15-14(18)19-10-12-5-3-2-4-6-12/h2-6,11H,7-10H2,1H3,(H,15,18)(H,16,17)/i7D2,8D2. The van der Waals surface area contributed by atoms with Crippen LogP contribution in [0, 0.1) is 0 Å². The number of aliphatic carboxylic acids is 1. The molecule has 0 radical (unpaired) electrons. The second kappa shape index (κ2) is 9.25. The van der Waals surface area contributed by atoms with Gasteiger partial charge in [-0.1, -0.05) is 37.3 Å². The Morgan fingerprint density at radius 3 is 2.80 bits per heavy atom. The van der Waals surface area contributed by atoms with Crippen molar-refractivity contribution in [2.45, 2.75) is 25.2 Å². The molecule has 0 fully saturated rings. The van der Waals surface area contributed by atoms with Crippen molar-refractivity contribution in [2.24, 2.45) is 0 Å². The van der Waals surface area contributed by atoms with E-state index in [4.69, 9.17) is 15.3 Å². The van der Waals surface area contributed by atoms with Crippen molar-refractivity contribution in [3.8, 4) is 0 Å². The summed E-state index contributed by atoms with van der Waals surface area (Å²) in [7, 11) is 0. The smallest absolute Gasteiger partial charge is 0.407 e. The summed E-state index contributed by atoms with van der Waals surface area (Å²) in [6.07, 6.45) is -1.42. The van der Waals surface area contributed by atoms with E-state index in [-0.39, 0.29) is 13.0 Å². The average molecular weight is 301 g/mol. The van der Waals surface area contributed by atoms with E-state index in [9.17, 15) is 9.59 Å². The fraction of sp³-hybridized carbons (Fsp3) is 0.429. The number of hydrogen-bond donors (Lipinski definition) is 2. The van der Waals surface area contributed by atoms with Gasteiger partial charge in [-0.15, -0.1) is 0 Å². The van der Waals surface area contributed by atoms with Gasteiger partial charge in [0, 0.05) is 20.2 Å².